The second-order valence-corrected chi connectivity index (χ2v) is 3.86. The van der Waals surface area contributed by atoms with Gasteiger partial charge in [0.2, 0.25) is 0 Å². The standard InChI is InChI=1S/C8H8.C5H6O4.C4H2O3.Na/c1-2-8-6-4-3-5-7-8;1-9-5(8)3-2-4(6)7;5-3-1-2-4(6)7-3;/h2-7H,1H2;2-3H,1H3,(H,6,7);1-2H;/q;;;+1/p-1/b;3-2-;;. The molecule has 0 N–H and O–H groups in total. The number of hydrogen-bond acceptors (Lipinski definition) is 7. The molecule has 2 rings (SSSR count). The minimum Gasteiger partial charge on any atom is -0.545 e. The molecule has 7 nitrogen and oxygen atoms in total. The van der Waals surface area contributed by atoms with Gasteiger partial charge in [-0.15, -0.1) is 0 Å². The summed E-state index contributed by atoms with van der Waals surface area (Å²) in [7, 11) is 1.15. The SMILES string of the molecule is C=Cc1ccccc1.COC(=O)/C=C\C(=O)[O-].O=C1C=CC(=O)O1.[Na+]. The van der Waals surface area contributed by atoms with Crippen LogP contribution in [0.15, 0.2) is 61.2 Å². The van der Waals surface area contributed by atoms with Crippen LogP contribution in [0.3, 0.4) is 0 Å². The molecule has 0 aliphatic carbocycles. The molecule has 8 heteroatoms. The van der Waals surface area contributed by atoms with Crippen molar-refractivity contribution in [1.29, 1.82) is 0 Å². The molecule has 0 bridgehead atoms. The summed E-state index contributed by atoms with van der Waals surface area (Å²) >= 11 is 0. The molecule has 1 heterocycles. The third-order valence-electron chi connectivity index (χ3n) is 2.15. The molecule has 1 aromatic rings. The van der Waals surface area contributed by atoms with Crippen LogP contribution < -0.4 is 34.7 Å². The van der Waals surface area contributed by atoms with Crippen molar-refractivity contribution in [1.82, 2.24) is 0 Å². The van der Waals surface area contributed by atoms with Gasteiger partial charge in [-0.25, -0.2) is 14.4 Å². The summed E-state index contributed by atoms with van der Waals surface area (Å²) < 4.78 is 8.06. The van der Waals surface area contributed by atoms with Gasteiger partial charge in [0.05, 0.1) is 13.1 Å². The fraction of sp³-hybridized carbons (Fsp3) is 0.0588. The molecule has 0 fully saturated rings. The summed E-state index contributed by atoms with van der Waals surface area (Å²) in [5.74, 6) is -3.28. The smallest absolute Gasteiger partial charge is 0.545 e. The van der Waals surface area contributed by atoms with E-state index in [1.807, 2.05) is 36.4 Å². The van der Waals surface area contributed by atoms with Gasteiger partial charge in [0.15, 0.2) is 0 Å². The minimum atomic E-state index is -1.42. The number of cyclic esters (lactones) is 2. The van der Waals surface area contributed by atoms with Crippen LogP contribution >= 0.6 is 0 Å². The van der Waals surface area contributed by atoms with E-state index in [2.05, 4.69) is 16.1 Å². The molecule has 0 amide bonds. The summed E-state index contributed by atoms with van der Waals surface area (Å²) in [6, 6.07) is 10.0. The van der Waals surface area contributed by atoms with Crippen LogP contribution in [0.1, 0.15) is 5.56 Å². The zero-order valence-electron chi connectivity index (χ0n) is 13.8. The minimum absolute atomic E-state index is 0. The van der Waals surface area contributed by atoms with E-state index in [9.17, 15) is 24.3 Å². The summed E-state index contributed by atoms with van der Waals surface area (Å²) in [6.45, 7) is 3.63. The molecule has 0 aromatic heterocycles. The van der Waals surface area contributed by atoms with Crippen molar-refractivity contribution < 1.29 is 63.3 Å². The Kier molecular flexibility index (Phi) is 14.9. The number of aliphatic carboxylic acids is 1. The average Bonchev–Trinajstić information content (AvgIpc) is 2.97. The molecule has 0 saturated heterocycles. The largest absolute Gasteiger partial charge is 1.00 e. The van der Waals surface area contributed by atoms with E-state index >= 15 is 0 Å². The Balaban J connectivity index is 0. The maximum atomic E-state index is 10.1. The van der Waals surface area contributed by atoms with Crippen molar-refractivity contribution in [3.05, 3.63) is 66.8 Å². The second-order valence-electron chi connectivity index (χ2n) is 3.86. The molecule has 0 saturated carbocycles. The first kappa shape index (κ1) is 24.8. The van der Waals surface area contributed by atoms with Gasteiger partial charge in [-0.3, -0.25) is 0 Å². The second kappa shape index (κ2) is 15.1. The topological polar surface area (TPSA) is 110 Å². The van der Waals surface area contributed by atoms with Crippen molar-refractivity contribution in [2.45, 2.75) is 0 Å². The number of carboxylic acid groups (broad SMARTS) is 1. The van der Waals surface area contributed by atoms with Crippen LogP contribution in [-0.4, -0.2) is 31.0 Å². The van der Waals surface area contributed by atoms with Gasteiger partial charge in [-0.1, -0.05) is 43.0 Å². The van der Waals surface area contributed by atoms with Crippen molar-refractivity contribution in [2.24, 2.45) is 0 Å². The van der Waals surface area contributed by atoms with Crippen LogP contribution in [0.5, 0.6) is 0 Å². The van der Waals surface area contributed by atoms with Crippen LogP contribution in [0, 0.1) is 0 Å². The first-order valence-electron chi connectivity index (χ1n) is 6.47. The normalized spacial score (nSPS) is 11.1. The molecule has 0 atom stereocenters. The monoisotopic (exact) mass is 354 g/mol. The van der Waals surface area contributed by atoms with Gasteiger partial charge in [0, 0.05) is 18.2 Å². The molecule has 1 aromatic carbocycles. The number of carbonyl (C=O) groups excluding carboxylic acids is 4. The van der Waals surface area contributed by atoms with E-state index in [4.69, 9.17) is 0 Å². The predicted octanol–water partition coefficient (Wildman–Crippen LogP) is -2.57. The Labute approximate surface area is 166 Å². The Morgan fingerprint density at radius 3 is 1.88 bits per heavy atom. The zero-order valence-corrected chi connectivity index (χ0v) is 15.8. The first-order chi connectivity index (χ1) is 11.4. The number of carboxylic acids is 1. The third-order valence-corrected chi connectivity index (χ3v) is 2.15. The van der Waals surface area contributed by atoms with Crippen molar-refractivity contribution >= 4 is 30.0 Å². The van der Waals surface area contributed by atoms with E-state index in [0.29, 0.717) is 6.08 Å². The third kappa shape index (κ3) is 14.8. The van der Waals surface area contributed by atoms with Crippen molar-refractivity contribution in [3.8, 4) is 0 Å². The first-order valence-corrected chi connectivity index (χ1v) is 6.47. The number of esters is 3. The molecule has 25 heavy (non-hydrogen) atoms. The number of methoxy groups -OCH3 is 1. The van der Waals surface area contributed by atoms with Crippen LogP contribution in [0.4, 0.5) is 0 Å². The van der Waals surface area contributed by atoms with Gasteiger partial charge in [-0.2, -0.15) is 0 Å². The zero-order chi connectivity index (χ0) is 18.4. The summed E-state index contributed by atoms with van der Waals surface area (Å²) in [5.41, 5.74) is 1.17. The van der Waals surface area contributed by atoms with Crippen LogP contribution in [0.2, 0.25) is 0 Å². The van der Waals surface area contributed by atoms with Gasteiger partial charge >= 0.3 is 47.5 Å². The number of hydrogen-bond donors (Lipinski definition) is 0. The number of rotatable bonds is 3. The van der Waals surface area contributed by atoms with E-state index < -0.39 is 23.9 Å². The summed E-state index contributed by atoms with van der Waals surface area (Å²) in [4.78, 5) is 39.6. The number of ether oxygens (including phenoxy) is 2. The number of benzene rings is 1. The molecule has 0 spiro atoms. The summed E-state index contributed by atoms with van der Waals surface area (Å²) in [5, 5.41) is 9.61. The van der Waals surface area contributed by atoms with E-state index in [1.165, 1.54) is 5.56 Å². The molecule has 1 aliphatic heterocycles. The quantitative estimate of drug-likeness (QED) is 0.254. The maximum Gasteiger partial charge on any atom is 1.00 e. The molecular formula is C17H15NaO7. The Morgan fingerprint density at radius 1 is 1.08 bits per heavy atom. The maximum absolute atomic E-state index is 10.1. The fourth-order valence-electron chi connectivity index (χ4n) is 1.10. The van der Waals surface area contributed by atoms with Gasteiger partial charge in [0.25, 0.3) is 0 Å². The van der Waals surface area contributed by atoms with Crippen LogP contribution in [-0.2, 0) is 28.7 Å². The molecular weight excluding hydrogens is 339 g/mol. The van der Waals surface area contributed by atoms with Crippen molar-refractivity contribution in [3.63, 3.8) is 0 Å². The van der Waals surface area contributed by atoms with E-state index in [-0.39, 0.29) is 29.6 Å². The van der Waals surface area contributed by atoms with E-state index in [0.717, 1.165) is 25.3 Å². The Bertz CT molecular complexity index is 632. The molecule has 0 radical (unpaired) electrons. The van der Waals surface area contributed by atoms with Crippen molar-refractivity contribution in [2.75, 3.05) is 7.11 Å². The predicted molar refractivity (Wildman–Crippen MR) is 82.9 cm³/mol. The molecule has 126 valence electrons. The van der Waals surface area contributed by atoms with Crippen LogP contribution in [0.25, 0.3) is 6.08 Å². The molecule has 0 unspecified atom stereocenters. The van der Waals surface area contributed by atoms with Gasteiger partial charge < -0.3 is 19.4 Å². The molecule has 1 aliphatic rings. The van der Waals surface area contributed by atoms with Gasteiger partial charge in [0.1, 0.15) is 0 Å². The van der Waals surface area contributed by atoms with Gasteiger partial charge in [-0.05, 0) is 11.6 Å². The van der Waals surface area contributed by atoms with E-state index in [1.54, 1.807) is 0 Å². The summed E-state index contributed by atoms with van der Waals surface area (Å²) in [6.07, 6.45) is 5.38. The Morgan fingerprint density at radius 2 is 1.60 bits per heavy atom. The fourth-order valence-corrected chi connectivity index (χ4v) is 1.10. The number of carbonyl (C=O) groups is 4. The average molecular weight is 354 g/mol. The Hall–Kier alpha value is -2.48.